The Balaban J connectivity index is 1.97. The summed E-state index contributed by atoms with van der Waals surface area (Å²) in [6, 6.07) is 7.05. The lowest BCUT2D eigenvalue weighted by atomic mass is 10.1. The molecular formula is C19H25N3O3. The first-order valence-corrected chi connectivity index (χ1v) is 8.63. The molecule has 1 saturated heterocycles. The summed E-state index contributed by atoms with van der Waals surface area (Å²) < 4.78 is 7.49. The Bertz CT molecular complexity index is 796. The summed E-state index contributed by atoms with van der Waals surface area (Å²) in [7, 11) is 1.59. The molecule has 134 valence electrons. The van der Waals surface area contributed by atoms with Crippen LogP contribution in [-0.4, -0.2) is 47.1 Å². The predicted molar refractivity (Wildman–Crippen MR) is 96.2 cm³/mol. The van der Waals surface area contributed by atoms with Gasteiger partial charge in [-0.05, 0) is 24.1 Å². The minimum atomic E-state index is -0.620. The highest BCUT2D eigenvalue weighted by atomic mass is 16.5. The van der Waals surface area contributed by atoms with Gasteiger partial charge in [-0.2, -0.15) is 0 Å². The van der Waals surface area contributed by atoms with Crippen molar-refractivity contribution in [1.29, 1.82) is 0 Å². The summed E-state index contributed by atoms with van der Waals surface area (Å²) in [5.41, 5.74) is 7.13. The number of hydrogen-bond acceptors (Lipinski definition) is 3. The smallest absolute Gasteiger partial charge is 0.255 e. The van der Waals surface area contributed by atoms with Crippen molar-refractivity contribution >= 4 is 22.7 Å². The highest BCUT2D eigenvalue weighted by molar-refractivity contribution is 6.07. The van der Waals surface area contributed by atoms with Crippen LogP contribution in [0.2, 0.25) is 0 Å². The number of aromatic nitrogens is 1. The Kier molecular flexibility index (Phi) is 4.81. The fourth-order valence-electron chi connectivity index (χ4n) is 3.58. The van der Waals surface area contributed by atoms with E-state index in [-0.39, 0.29) is 12.0 Å². The number of methoxy groups -OCH3 is 1. The fraction of sp³-hybridized carbons (Fsp3) is 0.474. The zero-order chi connectivity index (χ0) is 18.1. The van der Waals surface area contributed by atoms with E-state index in [1.165, 1.54) is 0 Å². The maximum absolute atomic E-state index is 13.1. The summed E-state index contributed by atoms with van der Waals surface area (Å²) in [5.74, 6) is -0.149. The van der Waals surface area contributed by atoms with Crippen molar-refractivity contribution in [1.82, 2.24) is 9.47 Å². The molecule has 2 atom stereocenters. The Morgan fingerprint density at radius 2 is 2.08 bits per heavy atom. The monoisotopic (exact) mass is 343 g/mol. The van der Waals surface area contributed by atoms with Crippen LogP contribution in [0.25, 0.3) is 10.9 Å². The summed E-state index contributed by atoms with van der Waals surface area (Å²) in [5, 5.41) is 0.900. The van der Waals surface area contributed by atoms with E-state index in [4.69, 9.17) is 10.5 Å². The maximum Gasteiger partial charge on any atom is 0.255 e. The molecule has 0 aliphatic carbocycles. The van der Waals surface area contributed by atoms with Gasteiger partial charge in [0.25, 0.3) is 5.91 Å². The largest absolute Gasteiger partial charge is 0.380 e. The van der Waals surface area contributed by atoms with Crippen LogP contribution in [0.1, 0.15) is 30.6 Å². The number of carbonyl (C=O) groups is 2. The summed E-state index contributed by atoms with van der Waals surface area (Å²) in [4.78, 5) is 26.4. The molecule has 1 aliphatic rings. The second kappa shape index (κ2) is 6.88. The van der Waals surface area contributed by atoms with Crippen LogP contribution in [0, 0.1) is 5.92 Å². The first kappa shape index (κ1) is 17.5. The van der Waals surface area contributed by atoms with E-state index in [1.807, 2.05) is 30.5 Å². The van der Waals surface area contributed by atoms with Crippen molar-refractivity contribution in [2.75, 3.05) is 13.7 Å². The van der Waals surface area contributed by atoms with Crippen LogP contribution in [0.3, 0.4) is 0 Å². The second-order valence-electron chi connectivity index (χ2n) is 7.07. The molecule has 2 heterocycles. The molecule has 0 spiro atoms. The Hall–Kier alpha value is -2.34. The lowest BCUT2D eigenvalue weighted by molar-refractivity contribution is -0.121. The van der Waals surface area contributed by atoms with Gasteiger partial charge in [-0.3, -0.25) is 9.59 Å². The van der Waals surface area contributed by atoms with Gasteiger partial charge in [0.1, 0.15) is 6.04 Å². The van der Waals surface area contributed by atoms with Gasteiger partial charge < -0.3 is 19.9 Å². The Labute approximate surface area is 147 Å². The number of fused-ring (bicyclic) bond motifs is 1. The minimum Gasteiger partial charge on any atom is -0.380 e. The van der Waals surface area contributed by atoms with E-state index in [2.05, 4.69) is 18.4 Å². The first-order chi connectivity index (χ1) is 11.9. The van der Waals surface area contributed by atoms with Crippen molar-refractivity contribution in [3.05, 3.63) is 36.0 Å². The topological polar surface area (TPSA) is 77.6 Å². The number of primary amides is 1. The van der Waals surface area contributed by atoms with Gasteiger partial charge in [0, 0.05) is 49.3 Å². The fourth-order valence-corrected chi connectivity index (χ4v) is 3.58. The number of carbonyl (C=O) groups excluding carboxylic acids is 2. The predicted octanol–water partition coefficient (Wildman–Crippen LogP) is 2.01. The second-order valence-corrected chi connectivity index (χ2v) is 7.07. The van der Waals surface area contributed by atoms with Gasteiger partial charge in [-0.15, -0.1) is 0 Å². The molecule has 2 N–H and O–H groups in total. The molecule has 6 nitrogen and oxygen atoms in total. The zero-order valence-electron chi connectivity index (χ0n) is 14.9. The molecule has 1 aromatic carbocycles. The van der Waals surface area contributed by atoms with E-state index in [9.17, 15) is 9.59 Å². The quantitative estimate of drug-likeness (QED) is 0.902. The standard InChI is InChI=1S/C19H25N3O3/c1-12(2)10-21-8-7-14-15(5-4-6-16(14)21)19(24)22-11-13(25-3)9-17(22)18(20)23/h4-8,12-13,17H,9-11H2,1-3H3,(H2,20,23)/t13-,17-/m0/s1. The van der Waals surface area contributed by atoms with Crippen LogP contribution in [-0.2, 0) is 16.1 Å². The van der Waals surface area contributed by atoms with Crippen molar-refractivity contribution in [2.24, 2.45) is 11.7 Å². The highest BCUT2D eigenvalue weighted by Gasteiger charge is 2.39. The van der Waals surface area contributed by atoms with Crippen molar-refractivity contribution in [2.45, 2.75) is 39.0 Å². The summed E-state index contributed by atoms with van der Waals surface area (Å²) >= 11 is 0. The number of nitrogens with zero attached hydrogens (tertiary/aromatic N) is 2. The molecule has 6 heteroatoms. The number of amides is 2. The Morgan fingerprint density at radius 1 is 1.32 bits per heavy atom. The average Bonchev–Trinajstić information content (AvgIpc) is 3.18. The van der Waals surface area contributed by atoms with Gasteiger partial charge in [-0.25, -0.2) is 0 Å². The molecular weight excluding hydrogens is 318 g/mol. The van der Waals surface area contributed by atoms with Crippen molar-refractivity contribution < 1.29 is 14.3 Å². The zero-order valence-corrected chi connectivity index (χ0v) is 14.9. The number of likely N-dealkylation sites (tertiary alicyclic amines) is 1. The molecule has 1 fully saturated rings. The molecule has 25 heavy (non-hydrogen) atoms. The molecule has 1 aliphatic heterocycles. The van der Waals surface area contributed by atoms with Crippen molar-refractivity contribution in [3.8, 4) is 0 Å². The normalized spacial score (nSPS) is 20.6. The molecule has 2 amide bonds. The molecule has 3 rings (SSSR count). The van der Waals surface area contributed by atoms with Gasteiger partial charge in [0.05, 0.1) is 6.10 Å². The maximum atomic E-state index is 13.1. The van der Waals surface area contributed by atoms with Crippen LogP contribution < -0.4 is 5.73 Å². The molecule has 0 saturated carbocycles. The molecule has 1 aromatic heterocycles. The summed E-state index contributed by atoms with van der Waals surface area (Å²) in [6.45, 7) is 5.59. The SMILES string of the molecule is CO[C@H]1C[C@@H](C(N)=O)N(C(=O)c2cccc3c2ccn3CC(C)C)C1. The van der Waals surface area contributed by atoms with Crippen LogP contribution >= 0.6 is 0 Å². The lowest BCUT2D eigenvalue weighted by Gasteiger charge is -2.22. The van der Waals surface area contributed by atoms with Gasteiger partial charge >= 0.3 is 0 Å². The van der Waals surface area contributed by atoms with Gasteiger partial charge in [0.15, 0.2) is 0 Å². The number of ether oxygens (including phenoxy) is 1. The molecule has 0 unspecified atom stereocenters. The van der Waals surface area contributed by atoms with Gasteiger partial charge in [0.2, 0.25) is 5.91 Å². The molecule has 2 aromatic rings. The lowest BCUT2D eigenvalue weighted by Crippen LogP contribution is -2.43. The van der Waals surface area contributed by atoms with E-state index >= 15 is 0 Å². The molecule has 0 bridgehead atoms. The van der Waals surface area contributed by atoms with Crippen LogP contribution in [0.4, 0.5) is 0 Å². The van der Waals surface area contributed by atoms with E-state index in [0.717, 1.165) is 17.4 Å². The third-order valence-electron chi connectivity index (χ3n) is 4.79. The third-order valence-corrected chi connectivity index (χ3v) is 4.79. The summed E-state index contributed by atoms with van der Waals surface area (Å²) in [6.07, 6.45) is 2.29. The number of benzene rings is 1. The van der Waals surface area contributed by atoms with E-state index in [1.54, 1.807) is 12.0 Å². The third kappa shape index (κ3) is 3.26. The first-order valence-electron chi connectivity index (χ1n) is 8.63. The number of rotatable bonds is 5. The number of nitrogens with two attached hydrogens (primary N) is 1. The average molecular weight is 343 g/mol. The Morgan fingerprint density at radius 3 is 2.72 bits per heavy atom. The van der Waals surface area contributed by atoms with Crippen molar-refractivity contribution in [3.63, 3.8) is 0 Å². The number of hydrogen-bond donors (Lipinski definition) is 1. The van der Waals surface area contributed by atoms with Crippen LogP contribution in [0.15, 0.2) is 30.5 Å². The van der Waals surface area contributed by atoms with E-state index < -0.39 is 11.9 Å². The van der Waals surface area contributed by atoms with Gasteiger partial charge in [-0.1, -0.05) is 19.9 Å². The van der Waals surface area contributed by atoms with Crippen LogP contribution in [0.5, 0.6) is 0 Å². The highest BCUT2D eigenvalue weighted by Crippen LogP contribution is 2.27. The van der Waals surface area contributed by atoms with E-state index in [0.29, 0.717) is 24.4 Å². The molecule has 0 radical (unpaired) electrons. The minimum absolute atomic E-state index is 0.161.